The predicted octanol–water partition coefficient (Wildman–Crippen LogP) is 1.55. The van der Waals surface area contributed by atoms with Gasteiger partial charge in [0.25, 0.3) is 0 Å². The van der Waals surface area contributed by atoms with E-state index in [9.17, 15) is 5.11 Å². The molecule has 0 atom stereocenters. The van der Waals surface area contributed by atoms with Gasteiger partial charge in [-0.2, -0.15) is 0 Å². The summed E-state index contributed by atoms with van der Waals surface area (Å²) in [6.07, 6.45) is 6.35. The second-order valence-electron chi connectivity index (χ2n) is 4.06. The molecule has 0 aromatic carbocycles. The summed E-state index contributed by atoms with van der Waals surface area (Å²) in [6, 6.07) is 3.73. The molecule has 0 fully saturated rings. The highest BCUT2D eigenvalue weighted by Gasteiger charge is 2.04. The fourth-order valence-corrected chi connectivity index (χ4v) is 1.69. The quantitative estimate of drug-likeness (QED) is 0.787. The number of aromatic nitrogens is 3. The third-order valence-electron chi connectivity index (χ3n) is 2.60. The Labute approximate surface area is 106 Å². The van der Waals surface area contributed by atoms with E-state index in [4.69, 9.17) is 4.74 Å². The van der Waals surface area contributed by atoms with Crippen molar-refractivity contribution in [1.82, 2.24) is 14.5 Å². The monoisotopic (exact) mass is 247 g/mol. The number of hydrogen-bond acceptors (Lipinski definition) is 4. The fourth-order valence-electron chi connectivity index (χ4n) is 1.69. The summed E-state index contributed by atoms with van der Waals surface area (Å²) >= 11 is 0. The van der Waals surface area contributed by atoms with Gasteiger partial charge in [0.1, 0.15) is 11.4 Å². The average molecular weight is 247 g/mol. The smallest absolute Gasteiger partial charge is 0.143 e. The van der Waals surface area contributed by atoms with Crippen molar-refractivity contribution in [2.75, 3.05) is 6.61 Å². The van der Waals surface area contributed by atoms with Crippen LogP contribution in [0.25, 0.3) is 0 Å². The molecule has 0 bridgehead atoms. The molecule has 0 amide bonds. The lowest BCUT2D eigenvalue weighted by atomic mass is 10.3. The molecule has 96 valence electrons. The lowest BCUT2D eigenvalue weighted by Gasteiger charge is -2.10. The summed E-state index contributed by atoms with van der Waals surface area (Å²) in [5, 5.41) is 9.19. The molecule has 0 spiro atoms. The van der Waals surface area contributed by atoms with Gasteiger partial charge in [-0.05, 0) is 25.5 Å². The molecule has 0 saturated heterocycles. The van der Waals surface area contributed by atoms with E-state index in [1.165, 1.54) is 0 Å². The van der Waals surface area contributed by atoms with E-state index in [-0.39, 0.29) is 6.61 Å². The van der Waals surface area contributed by atoms with Crippen LogP contribution in [-0.2, 0) is 13.2 Å². The molecule has 2 aromatic rings. The summed E-state index contributed by atoms with van der Waals surface area (Å²) in [6.45, 7) is 3.25. The van der Waals surface area contributed by atoms with Crippen LogP contribution >= 0.6 is 0 Å². The Morgan fingerprint density at radius 1 is 1.39 bits per heavy atom. The van der Waals surface area contributed by atoms with Gasteiger partial charge < -0.3 is 14.4 Å². The van der Waals surface area contributed by atoms with Crippen LogP contribution in [0.5, 0.6) is 5.75 Å². The van der Waals surface area contributed by atoms with Crippen LogP contribution in [0.4, 0.5) is 0 Å². The van der Waals surface area contributed by atoms with Crippen LogP contribution in [0.2, 0.25) is 0 Å². The van der Waals surface area contributed by atoms with Crippen molar-refractivity contribution in [3.8, 4) is 5.75 Å². The summed E-state index contributed by atoms with van der Waals surface area (Å²) in [7, 11) is 0. The van der Waals surface area contributed by atoms with E-state index in [0.717, 1.165) is 18.7 Å². The molecule has 5 heteroatoms. The minimum atomic E-state index is -0.0987. The number of nitrogens with zero attached hydrogens (tertiary/aromatic N) is 3. The van der Waals surface area contributed by atoms with E-state index in [2.05, 4.69) is 9.97 Å². The third-order valence-corrected chi connectivity index (χ3v) is 2.60. The van der Waals surface area contributed by atoms with Crippen molar-refractivity contribution in [1.29, 1.82) is 0 Å². The minimum absolute atomic E-state index is 0.0987. The van der Waals surface area contributed by atoms with E-state index in [0.29, 0.717) is 18.1 Å². The van der Waals surface area contributed by atoms with Crippen LogP contribution in [0, 0.1) is 6.92 Å². The molecular formula is C13H17N3O2. The Balaban J connectivity index is 1.83. The Bertz CT molecular complexity index is 483. The number of aliphatic hydroxyl groups is 1. The van der Waals surface area contributed by atoms with E-state index < -0.39 is 0 Å². The van der Waals surface area contributed by atoms with Gasteiger partial charge in [0.15, 0.2) is 0 Å². The van der Waals surface area contributed by atoms with Crippen molar-refractivity contribution in [3.05, 3.63) is 42.2 Å². The highest BCUT2D eigenvalue weighted by atomic mass is 16.5. The van der Waals surface area contributed by atoms with Crippen LogP contribution in [0.15, 0.2) is 30.9 Å². The second-order valence-corrected chi connectivity index (χ2v) is 4.06. The van der Waals surface area contributed by atoms with Gasteiger partial charge >= 0.3 is 0 Å². The summed E-state index contributed by atoms with van der Waals surface area (Å²) in [5.74, 6) is 0.661. The Morgan fingerprint density at radius 3 is 3.00 bits per heavy atom. The van der Waals surface area contributed by atoms with Gasteiger partial charge in [-0.25, -0.2) is 4.98 Å². The van der Waals surface area contributed by atoms with Crippen molar-refractivity contribution in [2.24, 2.45) is 0 Å². The number of aliphatic hydroxyl groups excluding tert-OH is 1. The van der Waals surface area contributed by atoms with Gasteiger partial charge in [-0.15, -0.1) is 0 Å². The number of hydrogen-bond donors (Lipinski definition) is 1. The maximum absolute atomic E-state index is 9.19. The highest BCUT2D eigenvalue weighted by Crippen LogP contribution is 2.17. The molecule has 0 aliphatic carbocycles. The Morgan fingerprint density at radius 2 is 2.28 bits per heavy atom. The molecule has 18 heavy (non-hydrogen) atoms. The number of imidazole rings is 1. The normalized spacial score (nSPS) is 10.6. The molecule has 2 rings (SSSR count). The molecule has 0 aliphatic heterocycles. The molecule has 0 saturated carbocycles. The number of pyridine rings is 1. The van der Waals surface area contributed by atoms with Crippen molar-refractivity contribution >= 4 is 0 Å². The van der Waals surface area contributed by atoms with E-state index in [1.807, 2.05) is 29.8 Å². The lowest BCUT2D eigenvalue weighted by Crippen LogP contribution is -2.05. The molecule has 0 aliphatic rings. The van der Waals surface area contributed by atoms with Gasteiger partial charge in [0, 0.05) is 24.6 Å². The molecule has 2 aromatic heterocycles. The van der Waals surface area contributed by atoms with Crippen LogP contribution in [-0.4, -0.2) is 26.2 Å². The largest absolute Gasteiger partial charge is 0.492 e. The molecule has 5 nitrogen and oxygen atoms in total. The average Bonchev–Trinajstić information content (AvgIpc) is 2.89. The van der Waals surface area contributed by atoms with Gasteiger partial charge in [-0.1, -0.05) is 0 Å². The van der Waals surface area contributed by atoms with Crippen LogP contribution in [0.1, 0.15) is 17.8 Å². The first-order chi connectivity index (χ1) is 8.79. The van der Waals surface area contributed by atoms with Crippen molar-refractivity contribution in [3.63, 3.8) is 0 Å². The summed E-state index contributed by atoms with van der Waals surface area (Å²) < 4.78 is 7.63. The van der Waals surface area contributed by atoms with Crippen molar-refractivity contribution < 1.29 is 9.84 Å². The highest BCUT2D eigenvalue weighted by molar-refractivity contribution is 5.28. The van der Waals surface area contributed by atoms with Gasteiger partial charge in [0.05, 0.1) is 19.5 Å². The predicted molar refractivity (Wildman–Crippen MR) is 67.2 cm³/mol. The Kier molecular flexibility index (Phi) is 4.30. The van der Waals surface area contributed by atoms with Crippen molar-refractivity contribution in [2.45, 2.75) is 26.5 Å². The molecule has 0 unspecified atom stereocenters. The summed E-state index contributed by atoms with van der Waals surface area (Å²) in [5.41, 5.74) is 1.47. The van der Waals surface area contributed by atoms with Gasteiger partial charge in [-0.3, -0.25) is 4.98 Å². The first-order valence-electron chi connectivity index (χ1n) is 5.95. The maximum atomic E-state index is 9.19. The standard InChI is InChI=1S/C13H17N3O2/c1-11-3-4-13(12(9-17)15-11)18-8-2-6-16-7-5-14-10-16/h3-5,7,10,17H,2,6,8-9H2,1H3. The zero-order chi connectivity index (χ0) is 12.8. The number of aryl methyl sites for hydroxylation is 2. The molecule has 0 radical (unpaired) electrons. The first kappa shape index (κ1) is 12.6. The molecule has 2 heterocycles. The zero-order valence-electron chi connectivity index (χ0n) is 10.4. The SMILES string of the molecule is Cc1ccc(OCCCn2ccnc2)c(CO)n1. The first-order valence-corrected chi connectivity index (χ1v) is 5.95. The minimum Gasteiger partial charge on any atom is -0.492 e. The topological polar surface area (TPSA) is 60.2 Å². The van der Waals surface area contributed by atoms with E-state index in [1.54, 1.807) is 12.5 Å². The molecule has 1 N–H and O–H groups in total. The zero-order valence-corrected chi connectivity index (χ0v) is 10.4. The third kappa shape index (κ3) is 3.30. The van der Waals surface area contributed by atoms with E-state index >= 15 is 0 Å². The fraction of sp³-hybridized carbons (Fsp3) is 0.385. The van der Waals surface area contributed by atoms with Crippen LogP contribution in [0.3, 0.4) is 0 Å². The number of rotatable bonds is 6. The lowest BCUT2D eigenvalue weighted by molar-refractivity contribution is 0.253. The Hall–Kier alpha value is -1.88. The second kappa shape index (κ2) is 6.16. The summed E-state index contributed by atoms with van der Waals surface area (Å²) in [4.78, 5) is 8.21. The molecular weight excluding hydrogens is 230 g/mol. The number of ether oxygens (including phenoxy) is 1. The van der Waals surface area contributed by atoms with Gasteiger partial charge in [0.2, 0.25) is 0 Å². The maximum Gasteiger partial charge on any atom is 0.143 e. The van der Waals surface area contributed by atoms with Crippen LogP contribution < -0.4 is 4.74 Å².